The van der Waals surface area contributed by atoms with Crippen molar-refractivity contribution in [1.29, 1.82) is 5.26 Å². The molecule has 2 aromatic carbocycles. The van der Waals surface area contributed by atoms with Crippen LogP contribution in [0, 0.1) is 11.3 Å². The number of aliphatic hydroxyl groups excluding tert-OH is 1. The molecule has 11 heteroatoms. The molecule has 3 N–H and O–H groups in total. The van der Waals surface area contributed by atoms with E-state index in [-0.39, 0.29) is 36.3 Å². The maximum Gasteiger partial charge on any atom is 0.258 e. The monoisotopic (exact) mass is 527 g/mol. The van der Waals surface area contributed by atoms with Crippen LogP contribution in [0.3, 0.4) is 0 Å². The van der Waals surface area contributed by atoms with Gasteiger partial charge in [-0.15, -0.1) is 5.06 Å². The Bertz CT molecular complexity index is 1190. The minimum Gasteiger partial charge on any atom is -0.484 e. The molecule has 1 atom stereocenters. The Morgan fingerprint density at radius 2 is 2.03 bits per heavy atom. The molecule has 37 heavy (non-hydrogen) atoms. The van der Waals surface area contributed by atoms with Crippen molar-refractivity contribution in [1.82, 2.24) is 15.8 Å². The van der Waals surface area contributed by atoms with Gasteiger partial charge in [0.15, 0.2) is 12.4 Å². The standard InChI is InChI=1S/C26H30ClN5O5/c1-4-25(35)32(37-22-13-19(27)8-5-18(22)14-28)26(2,3)16-29-24(34)15-36-20-9-6-17(7-10-20)21-11-12-23(33)31-30-21/h5-10,13,25,35H,4,11-12,15-16H2,1-3H3,(H,29,34)(H,31,33)/t25-/m0/s1. The second-order valence-electron chi connectivity index (χ2n) is 9.05. The van der Waals surface area contributed by atoms with E-state index in [4.69, 9.17) is 21.2 Å². The topological polar surface area (TPSA) is 136 Å². The van der Waals surface area contributed by atoms with Gasteiger partial charge in [0.25, 0.3) is 5.91 Å². The predicted molar refractivity (Wildman–Crippen MR) is 138 cm³/mol. The Labute approximate surface area is 220 Å². The van der Waals surface area contributed by atoms with Crippen LogP contribution < -0.4 is 20.3 Å². The summed E-state index contributed by atoms with van der Waals surface area (Å²) in [7, 11) is 0. The predicted octanol–water partition coefficient (Wildman–Crippen LogP) is 3.12. The van der Waals surface area contributed by atoms with Crippen molar-refractivity contribution >= 4 is 29.1 Å². The van der Waals surface area contributed by atoms with Crippen LogP contribution in [0.5, 0.6) is 11.5 Å². The first-order valence-electron chi connectivity index (χ1n) is 11.8. The molecule has 1 heterocycles. The zero-order valence-electron chi connectivity index (χ0n) is 21.0. The molecule has 0 aliphatic carbocycles. The second kappa shape index (κ2) is 12.5. The molecule has 0 saturated carbocycles. The summed E-state index contributed by atoms with van der Waals surface area (Å²) >= 11 is 6.06. The zero-order valence-corrected chi connectivity index (χ0v) is 21.7. The molecule has 0 fully saturated rings. The van der Waals surface area contributed by atoms with Gasteiger partial charge >= 0.3 is 0 Å². The number of amides is 2. The highest BCUT2D eigenvalue weighted by molar-refractivity contribution is 6.30. The molecule has 1 aliphatic heterocycles. The number of carbonyl (C=O) groups excluding carboxylic acids is 2. The number of nitrogens with one attached hydrogen (secondary N) is 2. The van der Waals surface area contributed by atoms with E-state index in [0.717, 1.165) is 11.3 Å². The number of hydroxylamine groups is 2. The molecule has 2 amide bonds. The zero-order chi connectivity index (χ0) is 27.0. The lowest BCUT2D eigenvalue weighted by Gasteiger charge is -2.40. The van der Waals surface area contributed by atoms with Crippen LogP contribution in [0.2, 0.25) is 5.02 Å². The van der Waals surface area contributed by atoms with Crippen molar-refractivity contribution < 1.29 is 24.3 Å². The van der Waals surface area contributed by atoms with E-state index in [1.165, 1.54) is 17.2 Å². The Balaban J connectivity index is 1.57. The third-order valence-corrected chi connectivity index (χ3v) is 5.91. The Kier molecular flexibility index (Phi) is 9.47. The molecule has 0 radical (unpaired) electrons. The van der Waals surface area contributed by atoms with Crippen LogP contribution in [-0.2, 0) is 9.59 Å². The first kappa shape index (κ1) is 27.9. The van der Waals surface area contributed by atoms with Crippen LogP contribution >= 0.6 is 11.6 Å². The molecule has 3 rings (SSSR count). The summed E-state index contributed by atoms with van der Waals surface area (Å²) < 4.78 is 5.59. The van der Waals surface area contributed by atoms with Gasteiger partial charge in [0.05, 0.1) is 16.8 Å². The number of aliphatic hydroxyl groups is 1. The summed E-state index contributed by atoms with van der Waals surface area (Å²) in [6.07, 6.45) is 0.295. The highest BCUT2D eigenvalue weighted by Crippen LogP contribution is 2.27. The number of carbonyl (C=O) groups is 2. The van der Waals surface area contributed by atoms with Crippen LogP contribution in [0.25, 0.3) is 0 Å². The van der Waals surface area contributed by atoms with Gasteiger partial charge in [-0.3, -0.25) is 9.59 Å². The Hall–Kier alpha value is -3.65. The average Bonchev–Trinajstić information content (AvgIpc) is 2.89. The first-order valence-corrected chi connectivity index (χ1v) is 12.2. The van der Waals surface area contributed by atoms with Gasteiger partial charge in [-0.2, -0.15) is 10.4 Å². The van der Waals surface area contributed by atoms with Crippen molar-refractivity contribution in [2.45, 2.75) is 51.8 Å². The van der Waals surface area contributed by atoms with Gasteiger partial charge in [-0.1, -0.05) is 18.5 Å². The summed E-state index contributed by atoms with van der Waals surface area (Å²) in [5.74, 6) is 0.251. The van der Waals surface area contributed by atoms with Crippen molar-refractivity contribution in [2.24, 2.45) is 5.10 Å². The average molecular weight is 528 g/mol. The minimum atomic E-state index is -1.01. The maximum atomic E-state index is 12.5. The smallest absolute Gasteiger partial charge is 0.258 e. The fraction of sp³-hybridized carbons (Fsp3) is 0.385. The van der Waals surface area contributed by atoms with Gasteiger partial charge in [-0.05, 0) is 62.2 Å². The molecule has 2 aromatic rings. The number of rotatable bonds is 11. The molecule has 0 aromatic heterocycles. The lowest BCUT2D eigenvalue weighted by Crippen LogP contribution is -2.57. The number of hydrogen-bond donors (Lipinski definition) is 3. The third-order valence-electron chi connectivity index (χ3n) is 5.67. The van der Waals surface area contributed by atoms with E-state index in [1.807, 2.05) is 18.2 Å². The van der Waals surface area contributed by atoms with E-state index in [2.05, 4.69) is 15.8 Å². The molecule has 0 unspecified atom stereocenters. The highest BCUT2D eigenvalue weighted by atomic mass is 35.5. The van der Waals surface area contributed by atoms with E-state index < -0.39 is 11.8 Å². The lowest BCUT2D eigenvalue weighted by molar-refractivity contribution is -0.224. The lowest BCUT2D eigenvalue weighted by atomic mass is 10.0. The van der Waals surface area contributed by atoms with Crippen LogP contribution in [0.4, 0.5) is 0 Å². The van der Waals surface area contributed by atoms with Gasteiger partial charge in [0.1, 0.15) is 18.0 Å². The third kappa shape index (κ3) is 7.67. The van der Waals surface area contributed by atoms with Gasteiger partial charge in [0.2, 0.25) is 5.91 Å². The maximum absolute atomic E-state index is 12.5. The van der Waals surface area contributed by atoms with Gasteiger partial charge in [0, 0.05) is 30.5 Å². The number of benzene rings is 2. The number of nitriles is 1. The molecule has 10 nitrogen and oxygen atoms in total. The number of hydrogen-bond acceptors (Lipinski definition) is 8. The number of halogens is 1. The van der Waals surface area contributed by atoms with Crippen LogP contribution in [-0.4, -0.2) is 52.6 Å². The molecular weight excluding hydrogens is 498 g/mol. The number of hydrazone groups is 1. The van der Waals surface area contributed by atoms with Crippen molar-refractivity contribution in [3.8, 4) is 17.6 Å². The van der Waals surface area contributed by atoms with Crippen LogP contribution in [0.1, 0.15) is 51.2 Å². The Morgan fingerprint density at radius 3 is 2.65 bits per heavy atom. The number of nitrogens with zero attached hydrogens (tertiary/aromatic N) is 3. The Morgan fingerprint density at radius 1 is 1.30 bits per heavy atom. The summed E-state index contributed by atoms with van der Waals surface area (Å²) in [6, 6.07) is 13.8. The molecule has 196 valence electrons. The van der Waals surface area contributed by atoms with E-state index in [0.29, 0.717) is 30.0 Å². The number of ether oxygens (including phenoxy) is 1. The quantitative estimate of drug-likeness (QED) is 0.301. The highest BCUT2D eigenvalue weighted by Gasteiger charge is 2.34. The summed E-state index contributed by atoms with van der Waals surface area (Å²) in [4.78, 5) is 29.7. The normalized spacial score (nSPS) is 14.3. The first-order chi connectivity index (χ1) is 17.6. The minimum absolute atomic E-state index is 0.104. The van der Waals surface area contributed by atoms with E-state index >= 15 is 0 Å². The summed E-state index contributed by atoms with van der Waals surface area (Å²) in [5.41, 5.74) is 3.52. The second-order valence-corrected chi connectivity index (χ2v) is 9.49. The fourth-order valence-electron chi connectivity index (χ4n) is 3.54. The fourth-order valence-corrected chi connectivity index (χ4v) is 3.70. The van der Waals surface area contributed by atoms with E-state index in [9.17, 15) is 20.0 Å². The van der Waals surface area contributed by atoms with Crippen molar-refractivity contribution in [2.75, 3.05) is 13.2 Å². The van der Waals surface area contributed by atoms with E-state index in [1.54, 1.807) is 39.0 Å². The van der Waals surface area contributed by atoms with Gasteiger partial charge in [-0.25, -0.2) is 5.43 Å². The molecule has 0 saturated heterocycles. The SMILES string of the molecule is CC[C@H](O)N(Oc1cc(Cl)ccc1C#N)C(C)(C)CNC(=O)COc1ccc(C2=NNC(=O)CC2)cc1. The van der Waals surface area contributed by atoms with Gasteiger partial charge < -0.3 is 20.0 Å². The van der Waals surface area contributed by atoms with Crippen LogP contribution in [0.15, 0.2) is 47.6 Å². The molecule has 0 bridgehead atoms. The molecular formula is C26H30ClN5O5. The summed E-state index contributed by atoms with van der Waals surface area (Å²) in [6.45, 7) is 5.28. The molecule has 0 spiro atoms. The van der Waals surface area contributed by atoms with Crippen molar-refractivity contribution in [3.63, 3.8) is 0 Å². The summed E-state index contributed by atoms with van der Waals surface area (Å²) in [5, 5.41) is 28.6. The largest absolute Gasteiger partial charge is 0.484 e. The molecule has 1 aliphatic rings. The van der Waals surface area contributed by atoms with Crippen molar-refractivity contribution in [3.05, 3.63) is 58.6 Å².